The highest BCUT2D eigenvalue weighted by Crippen LogP contribution is 2.37. The van der Waals surface area contributed by atoms with E-state index in [-0.39, 0.29) is 23.5 Å². The topological polar surface area (TPSA) is 98.0 Å². The summed E-state index contributed by atoms with van der Waals surface area (Å²) in [5.41, 5.74) is 0.654. The molecule has 0 radical (unpaired) electrons. The molecule has 2 aromatic heterocycles. The van der Waals surface area contributed by atoms with Gasteiger partial charge in [-0.15, -0.1) is 10.2 Å². The predicted octanol–water partition coefficient (Wildman–Crippen LogP) is 2.82. The standard InChI is InChI=1S/C21H23FN6O2/c1-21-6-2-3-13(25-21)9-17(19(21)22)30-18-11-24-20(27-26-18)15-5-4-14(10-16(15)29)28-8-7-23-12-28/h4-5,7-8,10-13,17,19,25,29H,2-3,6,9H2,1H3/t13?,17-,19-,21+/m1/s1. The zero-order chi connectivity index (χ0) is 20.7. The smallest absolute Gasteiger partial charge is 0.252 e. The number of alkyl halides is 1. The monoisotopic (exact) mass is 410 g/mol. The van der Waals surface area contributed by atoms with Crippen molar-refractivity contribution in [2.45, 2.75) is 56.5 Å². The molecule has 4 heterocycles. The van der Waals surface area contributed by atoms with Gasteiger partial charge in [0, 0.05) is 30.9 Å². The van der Waals surface area contributed by atoms with Crippen LogP contribution in [-0.2, 0) is 0 Å². The molecule has 3 aromatic rings. The van der Waals surface area contributed by atoms with Gasteiger partial charge in [-0.3, -0.25) is 0 Å². The van der Waals surface area contributed by atoms with Gasteiger partial charge in [-0.05, 0) is 38.3 Å². The Morgan fingerprint density at radius 1 is 1.33 bits per heavy atom. The highest BCUT2D eigenvalue weighted by molar-refractivity contribution is 5.65. The highest BCUT2D eigenvalue weighted by atomic mass is 19.1. The first-order valence-corrected chi connectivity index (χ1v) is 10.1. The summed E-state index contributed by atoms with van der Waals surface area (Å²) in [7, 11) is 0. The summed E-state index contributed by atoms with van der Waals surface area (Å²) in [5, 5.41) is 22.0. The Balaban J connectivity index is 1.32. The number of phenolic OH excluding ortho intramolecular Hbond substituents is 1. The lowest BCUT2D eigenvalue weighted by molar-refractivity contribution is -0.0350. The maximum absolute atomic E-state index is 15.0. The number of fused-ring (bicyclic) bond motifs is 2. The second-order valence-corrected chi connectivity index (χ2v) is 8.24. The maximum Gasteiger partial charge on any atom is 0.252 e. The number of phenols is 1. The molecule has 2 bridgehead atoms. The minimum atomic E-state index is -1.13. The number of piperidine rings is 2. The molecule has 9 heteroatoms. The van der Waals surface area contributed by atoms with E-state index in [0.29, 0.717) is 12.0 Å². The van der Waals surface area contributed by atoms with Crippen LogP contribution in [0.1, 0.15) is 32.6 Å². The number of nitrogens with one attached hydrogen (secondary N) is 1. The molecule has 0 aliphatic carbocycles. The first-order valence-electron chi connectivity index (χ1n) is 10.1. The number of imidazole rings is 1. The number of hydrogen-bond acceptors (Lipinski definition) is 7. The summed E-state index contributed by atoms with van der Waals surface area (Å²) in [4.78, 5) is 8.26. The number of aromatic hydroxyl groups is 1. The molecule has 5 rings (SSSR count). The molecule has 8 nitrogen and oxygen atoms in total. The summed E-state index contributed by atoms with van der Waals surface area (Å²) >= 11 is 0. The Bertz CT molecular complexity index is 1030. The fourth-order valence-electron chi connectivity index (χ4n) is 4.52. The second kappa shape index (κ2) is 7.32. The summed E-state index contributed by atoms with van der Waals surface area (Å²) < 4.78 is 22.7. The summed E-state index contributed by atoms with van der Waals surface area (Å²) in [6.07, 6.45) is 8.26. The molecule has 1 aromatic carbocycles. The SMILES string of the molecule is C[C@]12CCCC(C[C@@H](Oc3cnc(-c4ccc(-n5ccnc5)cc4O)nn3)[C@H]1F)N2. The highest BCUT2D eigenvalue weighted by Gasteiger charge is 2.49. The van der Waals surface area contributed by atoms with E-state index in [1.807, 2.05) is 13.0 Å². The summed E-state index contributed by atoms with van der Waals surface area (Å²) in [5.74, 6) is 0.479. The Morgan fingerprint density at radius 3 is 2.97 bits per heavy atom. The van der Waals surface area contributed by atoms with E-state index in [4.69, 9.17) is 4.74 Å². The number of hydrogen-bond donors (Lipinski definition) is 2. The lowest BCUT2D eigenvalue weighted by Crippen LogP contribution is -2.66. The van der Waals surface area contributed by atoms with Crippen molar-refractivity contribution >= 4 is 0 Å². The first-order chi connectivity index (χ1) is 14.5. The van der Waals surface area contributed by atoms with E-state index in [1.54, 1.807) is 35.4 Å². The zero-order valence-corrected chi connectivity index (χ0v) is 16.6. The molecule has 0 amide bonds. The fraction of sp³-hybridized carbons (Fsp3) is 0.429. The van der Waals surface area contributed by atoms with E-state index in [1.165, 1.54) is 6.20 Å². The van der Waals surface area contributed by atoms with Gasteiger partial charge >= 0.3 is 0 Å². The van der Waals surface area contributed by atoms with E-state index < -0.39 is 17.8 Å². The molecule has 1 unspecified atom stereocenters. The molecular weight excluding hydrogens is 387 g/mol. The molecule has 2 saturated heterocycles. The fourth-order valence-corrected chi connectivity index (χ4v) is 4.52. The molecule has 156 valence electrons. The number of rotatable bonds is 4. The van der Waals surface area contributed by atoms with Crippen LogP contribution in [-0.4, -0.2) is 53.7 Å². The Labute approximate surface area is 173 Å². The normalized spacial score (nSPS) is 28.3. The van der Waals surface area contributed by atoms with E-state index in [0.717, 1.165) is 24.9 Å². The van der Waals surface area contributed by atoms with Crippen LogP contribution < -0.4 is 10.1 Å². The van der Waals surface area contributed by atoms with Gasteiger partial charge in [0.15, 0.2) is 12.0 Å². The van der Waals surface area contributed by atoms with Crippen LogP contribution in [0, 0.1) is 0 Å². The van der Waals surface area contributed by atoms with E-state index in [9.17, 15) is 5.11 Å². The lowest BCUT2D eigenvalue weighted by atomic mass is 9.75. The van der Waals surface area contributed by atoms with Crippen molar-refractivity contribution in [1.29, 1.82) is 0 Å². The second-order valence-electron chi connectivity index (χ2n) is 8.24. The molecule has 30 heavy (non-hydrogen) atoms. The van der Waals surface area contributed by atoms with Crippen molar-refractivity contribution in [3.05, 3.63) is 43.1 Å². The number of halogens is 1. The largest absolute Gasteiger partial charge is 0.507 e. The zero-order valence-electron chi connectivity index (χ0n) is 16.6. The minimum Gasteiger partial charge on any atom is -0.507 e. The van der Waals surface area contributed by atoms with Crippen LogP contribution in [0.4, 0.5) is 4.39 Å². The molecule has 2 fully saturated rings. The summed E-state index contributed by atoms with van der Waals surface area (Å²) in [6, 6.07) is 5.40. The Hall–Kier alpha value is -3.07. The summed E-state index contributed by atoms with van der Waals surface area (Å²) in [6.45, 7) is 1.92. The molecular formula is C21H23FN6O2. The number of ether oxygens (including phenoxy) is 1. The van der Waals surface area contributed by atoms with E-state index in [2.05, 4.69) is 25.5 Å². The Morgan fingerprint density at radius 2 is 2.23 bits per heavy atom. The van der Waals surface area contributed by atoms with Crippen LogP contribution >= 0.6 is 0 Å². The third-order valence-corrected chi connectivity index (χ3v) is 6.07. The lowest BCUT2D eigenvalue weighted by Gasteiger charge is -2.49. The quantitative estimate of drug-likeness (QED) is 0.682. The number of nitrogens with zero attached hydrogens (tertiary/aromatic N) is 5. The van der Waals surface area contributed by atoms with Gasteiger partial charge in [-0.2, -0.15) is 0 Å². The van der Waals surface area contributed by atoms with Gasteiger partial charge in [0.05, 0.1) is 29.3 Å². The van der Waals surface area contributed by atoms with Gasteiger partial charge < -0.3 is 19.7 Å². The third kappa shape index (κ3) is 3.39. The van der Waals surface area contributed by atoms with Crippen molar-refractivity contribution in [3.8, 4) is 28.7 Å². The molecule has 2 aliphatic heterocycles. The van der Waals surface area contributed by atoms with Crippen LogP contribution in [0.2, 0.25) is 0 Å². The molecule has 0 saturated carbocycles. The molecule has 2 N–H and O–H groups in total. The van der Waals surface area contributed by atoms with Gasteiger partial charge in [0.1, 0.15) is 11.9 Å². The minimum absolute atomic E-state index is 0.0274. The third-order valence-electron chi connectivity index (χ3n) is 6.07. The van der Waals surface area contributed by atoms with Crippen molar-refractivity contribution in [3.63, 3.8) is 0 Å². The van der Waals surface area contributed by atoms with Gasteiger partial charge in [-0.25, -0.2) is 14.4 Å². The predicted molar refractivity (Wildman–Crippen MR) is 107 cm³/mol. The Kier molecular flexibility index (Phi) is 4.62. The van der Waals surface area contributed by atoms with Gasteiger partial charge in [0.2, 0.25) is 0 Å². The van der Waals surface area contributed by atoms with Crippen LogP contribution in [0.5, 0.6) is 11.6 Å². The average Bonchev–Trinajstić information content (AvgIpc) is 3.28. The molecule has 0 spiro atoms. The van der Waals surface area contributed by atoms with Crippen LogP contribution in [0.3, 0.4) is 0 Å². The van der Waals surface area contributed by atoms with Gasteiger partial charge in [-0.1, -0.05) is 0 Å². The van der Waals surface area contributed by atoms with E-state index >= 15 is 4.39 Å². The molecule has 4 atom stereocenters. The van der Waals surface area contributed by atoms with Crippen molar-refractivity contribution in [1.82, 2.24) is 30.0 Å². The van der Waals surface area contributed by atoms with Gasteiger partial charge in [0.25, 0.3) is 5.88 Å². The average molecular weight is 410 g/mol. The van der Waals surface area contributed by atoms with Crippen LogP contribution in [0.15, 0.2) is 43.1 Å². The van der Waals surface area contributed by atoms with Crippen molar-refractivity contribution in [2.75, 3.05) is 0 Å². The first kappa shape index (κ1) is 18.9. The maximum atomic E-state index is 15.0. The van der Waals surface area contributed by atoms with Crippen molar-refractivity contribution in [2.24, 2.45) is 0 Å². The number of benzene rings is 1. The van der Waals surface area contributed by atoms with Crippen molar-refractivity contribution < 1.29 is 14.2 Å². The molecule has 2 aliphatic rings. The number of aromatic nitrogens is 5. The van der Waals surface area contributed by atoms with Crippen LogP contribution in [0.25, 0.3) is 17.1 Å².